The molecule has 0 aromatic heterocycles. The number of benzene rings is 2. The Morgan fingerprint density at radius 1 is 1.00 bits per heavy atom. The molecule has 0 bridgehead atoms. The molecule has 174 valence electrons. The lowest BCUT2D eigenvalue weighted by molar-refractivity contribution is -0.139. The van der Waals surface area contributed by atoms with Crippen molar-refractivity contribution in [2.24, 2.45) is 0 Å². The Labute approximate surface area is 210 Å². The van der Waals surface area contributed by atoms with Crippen molar-refractivity contribution in [2.75, 3.05) is 12.3 Å². The Balaban J connectivity index is 2.10. The van der Waals surface area contributed by atoms with E-state index in [-0.39, 0.29) is 17.6 Å². The third-order valence-corrected chi connectivity index (χ3v) is 6.94. The van der Waals surface area contributed by atoms with Crippen LogP contribution in [0.4, 0.5) is 0 Å². The summed E-state index contributed by atoms with van der Waals surface area (Å²) < 4.78 is 0. The van der Waals surface area contributed by atoms with Crippen LogP contribution in [-0.2, 0) is 21.9 Å². The van der Waals surface area contributed by atoms with Gasteiger partial charge in [-0.1, -0.05) is 73.3 Å². The molecule has 8 heteroatoms. The minimum atomic E-state index is -0.527. The predicted molar refractivity (Wildman–Crippen MR) is 137 cm³/mol. The molecule has 0 aliphatic rings. The van der Waals surface area contributed by atoms with Crippen molar-refractivity contribution in [2.45, 2.75) is 51.4 Å². The van der Waals surface area contributed by atoms with Gasteiger partial charge in [-0.3, -0.25) is 9.59 Å². The van der Waals surface area contributed by atoms with Crippen LogP contribution in [0.15, 0.2) is 42.5 Å². The van der Waals surface area contributed by atoms with E-state index in [0.717, 1.165) is 24.0 Å². The van der Waals surface area contributed by atoms with E-state index < -0.39 is 6.04 Å². The van der Waals surface area contributed by atoms with Crippen molar-refractivity contribution >= 4 is 58.4 Å². The maximum Gasteiger partial charge on any atom is 0.242 e. The number of nitrogens with zero attached hydrogens (tertiary/aromatic N) is 1. The molecule has 0 aliphatic heterocycles. The first-order valence-electron chi connectivity index (χ1n) is 10.7. The van der Waals surface area contributed by atoms with E-state index >= 15 is 0 Å². The highest BCUT2D eigenvalue weighted by molar-refractivity contribution is 7.99. The highest BCUT2D eigenvalue weighted by atomic mass is 35.5. The molecule has 0 fully saturated rings. The van der Waals surface area contributed by atoms with Crippen LogP contribution in [0.2, 0.25) is 15.1 Å². The van der Waals surface area contributed by atoms with E-state index in [4.69, 9.17) is 34.8 Å². The molecule has 2 rings (SSSR count). The van der Waals surface area contributed by atoms with Crippen molar-refractivity contribution in [3.8, 4) is 0 Å². The predicted octanol–water partition coefficient (Wildman–Crippen LogP) is 6.60. The van der Waals surface area contributed by atoms with Gasteiger partial charge in [-0.2, -0.15) is 0 Å². The Hall–Kier alpha value is -1.40. The first-order chi connectivity index (χ1) is 15.3. The van der Waals surface area contributed by atoms with E-state index in [1.54, 1.807) is 23.1 Å². The summed E-state index contributed by atoms with van der Waals surface area (Å²) in [6.45, 7) is 4.96. The fourth-order valence-corrected chi connectivity index (χ4v) is 4.49. The smallest absolute Gasteiger partial charge is 0.242 e. The Kier molecular flexibility index (Phi) is 11.7. The summed E-state index contributed by atoms with van der Waals surface area (Å²) in [5.74, 6) is 0.684. The number of amides is 2. The van der Waals surface area contributed by atoms with Crippen molar-refractivity contribution < 1.29 is 9.59 Å². The van der Waals surface area contributed by atoms with Gasteiger partial charge in [-0.15, -0.1) is 11.8 Å². The second kappa shape index (κ2) is 14.0. The lowest BCUT2D eigenvalue weighted by Gasteiger charge is -2.30. The summed E-state index contributed by atoms with van der Waals surface area (Å²) >= 11 is 19.5. The SMILES string of the molecule is CCCCNC(=O)[C@H](CC)N(Cc1ccc(Cl)cc1)C(=O)CSCc1ccc(Cl)c(Cl)c1. The third-order valence-electron chi connectivity index (χ3n) is 4.96. The highest BCUT2D eigenvalue weighted by Gasteiger charge is 2.28. The molecule has 0 radical (unpaired) electrons. The van der Waals surface area contributed by atoms with Crippen molar-refractivity contribution in [1.29, 1.82) is 0 Å². The van der Waals surface area contributed by atoms with Crippen LogP contribution < -0.4 is 5.32 Å². The Bertz CT molecular complexity index is 893. The van der Waals surface area contributed by atoms with Crippen LogP contribution in [0.25, 0.3) is 0 Å². The first kappa shape index (κ1) is 26.8. The van der Waals surface area contributed by atoms with Crippen molar-refractivity contribution in [1.82, 2.24) is 10.2 Å². The van der Waals surface area contributed by atoms with Gasteiger partial charge in [0.25, 0.3) is 0 Å². The topological polar surface area (TPSA) is 49.4 Å². The molecule has 4 nitrogen and oxygen atoms in total. The Morgan fingerprint density at radius 2 is 1.69 bits per heavy atom. The lowest BCUT2D eigenvalue weighted by Crippen LogP contribution is -2.49. The average molecular weight is 516 g/mol. The molecule has 0 saturated carbocycles. The number of rotatable bonds is 12. The zero-order chi connectivity index (χ0) is 23.5. The van der Waals surface area contributed by atoms with Gasteiger partial charge in [0, 0.05) is 23.9 Å². The van der Waals surface area contributed by atoms with Crippen molar-refractivity contribution in [3.63, 3.8) is 0 Å². The molecule has 2 amide bonds. The van der Waals surface area contributed by atoms with Gasteiger partial charge in [-0.25, -0.2) is 0 Å². The molecule has 0 heterocycles. The number of carbonyl (C=O) groups is 2. The second-order valence-corrected chi connectivity index (χ2v) is 9.69. The molecule has 2 aromatic carbocycles. The number of thioether (sulfide) groups is 1. The number of nitrogens with one attached hydrogen (secondary N) is 1. The van der Waals surface area contributed by atoms with E-state index in [9.17, 15) is 9.59 Å². The van der Waals surface area contributed by atoms with Crippen LogP contribution in [0.1, 0.15) is 44.2 Å². The fraction of sp³-hybridized carbons (Fsp3) is 0.417. The number of carbonyl (C=O) groups excluding carboxylic acids is 2. The van der Waals surface area contributed by atoms with Crippen LogP contribution in [0.3, 0.4) is 0 Å². The van der Waals surface area contributed by atoms with Gasteiger partial charge in [-0.05, 0) is 48.2 Å². The summed E-state index contributed by atoms with van der Waals surface area (Å²) in [6.07, 6.45) is 2.44. The van der Waals surface area contributed by atoms with Crippen LogP contribution in [0.5, 0.6) is 0 Å². The summed E-state index contributed by atoms with van der Waals surface area (Å²) in [6, 6.07) is 12.3. The zero-order valence-electron chi connectivity index (χ0n) is 18.4. The maximum atomic E-state index is 13.2. The van der Waals surface area contributed by atoms with E-state index in [1.165, 1.54) is 11.8 Å². The lowest BCUT2D eigenvalue weighted by atomic mass is 10.1. The Morgan fingerprint density at radius 3 is 2.31 bits per heavy atom. The number of hydrogen-bond donors (Lipinski definition) is 1. The normalized spacial score (nSPS) is 11.8. The van der Waals surface area contributed by atoms with Crippen molar-refractivity contribution in [3.05, 3.63) is 68.7 Å². The largest absolute Gasteiger partial charge is 0.354 e. The average Bonchev–Trinajstić information content (AvgIpc) is 2.77. The minimum Gasteiger partial charge on any atom is -0.354 e. The van der Waals surface area contributed by atoms with Crippen LogP contribution >= 0.6 is 46.6 Å². The molecule has 0 spiro atoms. The number of unbranched alkanes of at least 4 members (excludes halogenated alkanes) is 1. The second-order valence-electron chi connectivity index (χ2n) is 7.46. The quantitative estimate of drug-likeness (QED) is 0.324. The summed E-state index contributed by atoms with van der Waals surface area (Å²) in [4.78, 5) is 27.7. The molecule has 0 unspecified atom stereocenters. The summed E-state index contributed by atoms with van der Waals surface area (Å²) in [5.41, 5.74) is 1.92. The fourth-order valence-electron chi connectivity index (χ4n) is 3.18. The molecule has 2 aromatic rings. The van der Waals surface area contributed by atoms with Gasteiger partial charge < -0.3 is 10.2 Å². The molecule has 32 heavy (non-hydrogen) atoms. The molecular weight excluding hydrogens is 487 g/mol. The number of hydrogen-bond acceptors (Lipinski definition) is 3. The molecule has 1 atom stereocenters. The van der Waals surface area contributed by atoms with Crippen LogP contribution in [0, 0.1) is 0 Å². The molecular formula is C24H29Cl3N2O2S. The van der Waals surface area contributed by atoms with Gasteiger partial charge in [0.2, 0.25) is 11.8 Å². The van der Waals surface area contributed by atoms with Gasteiger partial charge in [0.05, 0.1) is 15.8 Å². The van der Waals surface area contributed by atoms with Gasteiger partial charge in [0.1, 0.15) is 6.04 Å². The van der Waals surface area contributed by atoms with Gasteiger partial charge in [0.15, 0.2) is 0 Å². The summed E-state index contributed by atoms with van der Waals surface area (Å²) in [5, 5.41) is 4.60. The van der Waals surface area contributed by atoms with E-state index in [0.29, 0.717) is 40.3 Å². The first-order valence-corrected chi connectivity index (χ1v) is 13.0. The zero-order valence-corrected chi connectivity index (χ0v) is 21.5. The van der Waals surface area contributed by atoms with Crippen LogP contribution in [-0.4, -0.2) is 35.1 Å². The third kappa shape index (κ3) is 8.51. The summed E-state index contributed by atoms with van der Waals surface area (Å²) in [7, 11) is 0. The highest BCUT2D eigenvalue weighted by Crippen LogP contribution is 2.25. The molecule has 0 aliphatic carbocycles. The molecule has 0 saturated heterocycles. The monoisotopic (exact) mass is 514 g/mol. The standard InChI is InChI=1S/C24H29Cl3N2O2S/c1-3-5-12-28-24(31)22(4-2)29(14-17-6-9-19(25)10-7-17)23(30)16-32-15-18-8-11-20(26)21(27)13-18/h6-11,13,22H,3-5,12,14-16H2,1-2H3,(H,28,31)/t22-/m0/s1. The minimum absolute atomic E-state index is 0.0810. The number of halogens is 3. The van der Waals surface area contributed by atoms with E-state index in [1.807, 2.05) is 31.2 Å². The van der Waals surface area contributed by atoms with E-state index in [2.05, 4.69) is 12.2 Å². The maximum absolute atomic E-state index is 13.2. The molecule has 1 N–H and O–H groups in total. The van der Waals surface area contributed by atoms with Gasteiger partial charge >= 0.3 is 0 Å².